The molecule has 0 aliphatic heterocycles. The Morgan fingerprint density at radius 3 is 2.22 bits per heavy atom. The SMILES string of the molecule is Cc1ccc(NC(=O)SCc2ccc(OCOC(=O)C(C)(C)C)cc2)cc1. The monoisotopic (exact) mass is 387 g/mol. The first-order chi connectivity index (χ1) is 12.7. The molecule has 1 amide bonds. The van der Waals surface area contributed by atoms with Crippen LogP contribution < -0.4 is 10.1 Å². The summed E-state index contributed by atoms with van der Waals surface area (Å²) in [7, 11) is 0. The van der Waals surface area contributed by atoms with Gasteiger partial charge in [0.15, 0.2) is 0 Å². The van der Waals surface area contributed by atoms with E-state index in [0.717, 1.165) is 16.8 Å². The van der Waals surface area contributed by atoms with Gasteiger partial charge in [-0.05, 0) is 57.5 Å². The minimum absolute atomic E-state index is 0.103. The van der Waals surface area contributed by atoms with E-state index >= 15 is 0 Å². The zero-order valence-electron chi connectivity index (χ0n) is 16.1. The molecule has 2 aromatic carbocycles. The molecule has 0 unspecified atom stereocenters. The maximum Gasteiger partial charge on any atom is 0.314 e. The highest BCUT2D eigenvalue weighted by Crippen LogP contribution is 2.20. The van der Waals surface area contributed by atoms with Crippen molar-refractivity contribution in [1.82, 2.24) is 0 Å². The normalized spacial score (nSPS) is 11.0. The topological polar surface area (TPSA) is 64.6 Å². The first kappa shape index (κ1) is 20.8. The van der Waals surface area contributed by atoms with E-state index in [2.05, 4.69) is 5.32 Å². The van der Waals surface area contributed by atoms with Gasteiger partial charge in [-0.1, -0.05) is 41.6 Å². The summed E-state index contributed by atoms with van der Waals surface area (Å²) in [4.78, 5) is 23.7. The molecular weight excluding hydrogens is 362 g/mol. The lowest BCUT2D eigenvalue weighted by Gasteiger charge is -2.16. The molecule has 6 heteroatoms. The molecule has 0 fully saturated rings. The third-order valence-corrected chi connectivity index (χ3v) is 4.46. The van der Waals surface area contributed by atoms with E-state index in [-0.39, 0.29) is 18.0 Å². The molecule has 0 saturated heterocycles. The van der Waals surface area contributed by atoms with E-state index in [1.165, 1.54) is 11.8 Å². The number of amides is 1. The minimum Gasteiger partial charge on any atom is -0.457 e. The predicted octanol–water partition coefficient (Wildman–Crippen LogP) is 5.39. The van der Waals surface area contributed by atoms with Crippen LogP contribution in [-0.2, 0) is 15.3 Å². The second kappa shape index (κ2) is 9.46. The number of carbonyl (C=O) groups excluding carboxylic acids is 2. The summed E-state index contributed by atoms with van der Waals surface area (Å²) in [6.45, 7) is 7.25. The van der Waals surface area contributed by atoms with Crippen LogP contribution in [0.4, 0.5) is 10.5 Å². The molecule has 2 rings (SSSR count). The van der Waals surface area contributed by atoms with Gasteiger partial charge in [0.1, 0.15) is 5.75 Å². The van der Waals surface area contributed by atoms with Crippen molar-refractivity contribution >= 4 is 28.7 Å². The number of hydrogen-bond donors (Lipinski definition) is 1. The molecule has 5 nitrogen and oxygen atoms in total. The molecule has 0 bridgehead atoms. The Labute approximate surface area is 164 Å². The molecule has 0 aliphatic carbocycles. The summed E-state index contributed by atoms with van der Waals surface area (Å²) >= 11 is 1.20. The van der Waals surface area contributed by atoms with Crippen molar-refractivity contribution in [3.63, 3.8) is 0 Å². The molecule has 27 heavy (non-hydrogen) atoms. The Morgan fingerprint density at radius 2 is 1.63 bits per heavy atom. The lowest BCUT2D eigenvalue weighted by Crippen LogP contribution is -2.24. The zero-order valence-corrected chi connectivity index (χ0v) is 16.9. The van der Waals surface area contributed by atoms with Crippen LogP contribution in [0.25, 0.3) is 0 Å². The average Bonchev–Trinajstić information content (AvgIpc) is 2.62. The van der Waals surface area contributed by atoms with Gasteiger partial charge in [0.2, 0.25) is 6.79 Å². The molecule has 0 heterocycles. The highest BCUT2D eigenvalue weighted by atomic mass is 32.2. The van der Waals surface area contributed by atoms with Gasteiger partial charge in [-0.15, -0.1) is 0 Å². The standard InChI is InChI=1S/C21H25NO4S/c1-15-5-9-17(10-6-15)22-20(24)27-13-16-7-11-18(12-8-16)25-14-26-19(23)21(2,3)4/h5-12H,13-14H2,1-4H3,(H,22,24). The largest absolute Gasteiger partial charge is 0.457 e. The number of rotatable bonds is 6. The Hall–Kier alpha value is -2.47. The molecule has 0 radical (unpaired) electrons. The van der Waals surface area contributed by atoms with Crippen molar-refractivity contribution < 1.29 is 19.1 Å². The molecule has 1 N–H and O–H groups in total. The summed E-state index contributed by atoms with van der Waals surface area (Å²) in [5.74, 6) is 0.849. The van der Waals surface area contributed by atoms with Gasteiger partial charge in [0.25, 0.3) is 5.24 Å². The van der Waals surface area contributed by atoms with E-state index < -0.39 is 5.41 Å². The average molecular weight is 388 g/mol. The zero-order chi connectivity index (χ0) is 19.9. The number of ether oxygens (including phenoxy) is 2. The molecule has 0 aromatic heterocycles. The smallest absolute Gasteiger partial charge is 0.314 e. The lowest BCUT2D eigenvalue weighted by atomic mass is 9.98. The fourth-order valence-electron chi connectivity index (χ4n) is 1.99. The van der Waals surface area contributed by atoms with Crippen LogP contribution in [0, 0.1) is 12.3 Å². The van der Waals surface area contributed by atoms with Crippen LogP contribution in [0.1, 0.15) is 31.9 Å². The van der Waals surface area contributed by atoms with E-state index in [4.69, 9.17) is 9.47 Å². The number of hydrogen-bond acceptors (Lipinski definition) is 5. The summed E-state index contributed by atoms with van der Waals surface area (Å²) in [6, 6.07) is 15.0. The molecule has 0 atom stereocenters. The molecule has 144 valence electrons. The van der Waals surface area contributed by atoms with Crippen molar-refractivity contribution in [1.29, 1.82) is 0 Å². The number of aryl methyl sites for hydroxylation is 1. The quantitative estimate of drug-likeness (QED) is 0.532. The van der Waals surface area contributed by atoms with Crippen molar-refractivity contribution in [2.24, 2.45) is 5.41 Å². The molecule has 0 saturated carbocycles. The van der Waals surface area contributed by atoms with Crippen LogP contribution in [0.15, 0.2) is 48.5 Å². The second-order valence-corrected chi connectivity index (χ2v) is 8.10. The summed E-state index contributed by atoms with van der Waals surface area (Å²) < 4.78 is 10.5. The van der Waals surface area contributed by atoms with Gasteiger partial charge in [0.05, 0.1) is 5.41 Å². The number of thioether (sulfide) groups is 1. The van der Waals surface area contributed by atoms with E-state index in [0.29, 0.717) is 11.5 Å². The highest BCUT2D eigenvalue weighted by molar-refractivity contribution is 8.13. The molecule has 0 aliphatic rings. The Bertz CT molecular complexity index is 764. The minimum atomic E-state index is -0.552. The highest BCUT2D eigenvalue weighted by Gasteiger charge is 2.22. The van der Waals surface area contributed by atoms with Crippen LogP contribution in [0.3, 0.4) is 0 Å². The lowest BCUT2D eigenvalue weighted by molar-refractivity contribution is -0.159. The number of benzene rings is 2. The van der Waals surface area contributed by atoms with Gasteiger partial charge in [0, 0.05) is 11.4 Å². The fraction of sp³-hybridized carbons (Fsp3) is 0.333. The number of nitrogens with one attached hydrogen (secondary N) is 1. The maximum atomic E-state index is 12.0. The third kappa shape index (κ3) is 7.35. The van der Waals surface area contributed by atoms with Crippen LogP contribution in [0.5, 0.6) is 5.75 Å². The summed E-state index contributed by atoms with van der Waals surface area (Å²) in [5.41, 5.74) is 2.38. The molecule has 2 aromatic rings. The Kier molecular flexibility index (Phi) is 7.30. The number of carbonyl (C=O) groups is 2. The van der Waals surface area contributed by atoms with Gasteiger partial charge < -0.3 is 14.8 Å². The first-order valence-corrected chi connectivity index (χ1v) is 9.62. The fourth-order valence-corrected chi connectivity index (χ4v) is 2.67. The van der Waals surface area contributed by atoms with Gasteiger partial charge >= 0.3 is 5.97 Å². The molecule has 0 spiro atoms. The van der Waals surface area contributed by atoms with Crippen molar-refractivity contribution in [2.75, 3.05) is 12.1 Å². The van der Waals surface area contributed by atoms with Crippen LogP contribution in [0.2, 0.25) is 0 Å². The Balaban J connectivity index is 1.74. The first-order valence-electron chi connectivity index (χ1n) is 8.63. The van der Waals surface area contributed by atoms with Crippen molar-refractivity contribution in [2.45, 2.75) is 33.4 Å². The maximum absolute atomic E-state index is 12.0. The summed E-state index contributed by atoms with van der Waals surface area (Å²) in [5, 5.41) is 2.75. The Morgan fingerprint density at radius 1 is 1.00 bits per heavy atom. The molecular formula is C21H25NO4S. The van der Waals surface area contributed by atoms with Gasteiger partial charge in [-0.2, -0.15) is 0 Å². The van der Waals surface area contributed by atoms with Crippen molar-refractivity contribution in [3.8, 4) is 5.75 Å². The number of anilines is 1. The number of esters is 1. The van der Waals surface area contributed by atoms with E-state index in [1.807, 2.05) is 43.3 Å². The predicted molar refractivity (Wildman–Crippen MR) is 109 cm³/mol. The summed E-state index contributed by atoms with van der Waals surface area (Å²) in [6.07, 6.45) is 0. The van der Waals surface area contributed by atoms with Crippen LogP contribution in [-0.4, -0.2) is 18.0 Å². The third-order valence-electron chi connectivity index (χ3n) is 3.62. The van der Waals surface area contributed by atoms with Gasteiger partial charge in [-0.3, -0.25) is 9.59 Å². The van der Waals surface area contributed by atoms with Crippen molar-refractivity contribution in [3.05, 3.63) is 59.7 Å². The van der Waals surface area contributed by atoms with Gasteiger partial charge in [-0.25, -0.2) is 0 Å². The van der Waals surface area contributed by atoms with Crippen LogP contribution >= 0.6 is 11.8 Å². The van der Waals surface area contributed by atoms with E-state index in [1.54, 1.807) is 32.9 Å². The second-order valence-electron chi connectivity index (χ2n) is 7.16. The van der Waals surface area contributed by atoms with E-state index in [9.17, 15) is 9.59 Å².